The van der Waals surface area contributed by atoms with Gasteiger partial charge in [0.2, 0.25) is 0 Å². The van der Waals surface area contributed by atoms with E-state index in [-0.39, 0.29) is 34.5 Å². The fourth-order valence-electron chi connectivity index (χ4n) is 8.92. The van der Waals surface area contributed by atoms with Crippen molar-refractivity contribution in [3.63, 3.8) is 0 Å². The molecule has 0 aromatic heterocycles. The van der Waals surface area contributed by atoms with Crippen LogP contribution in [0.5, 0.6) is 0 Å². The molecule has 166 valence electrons. The van der Waals surface area contributed by atoms with Crippen LogP contribution in [0.3, 0.4) is 0 Å². The molecule has 1 heterocycles. The number of hydrogen-bond donors (Lipinski definition) is 0. The second-order valence-electron chi connectivity index (χ2n) is 11.7. The Hall–Kier alpha value is -1.32. The van der Waals surface area contributed by atoms with Gasteiger partial charge in [-0.3, -0.25) is 9.59 Å². The maximum atomic E-state index is 11.9. The van der Waals surface area contributed by atoms with Crippen LogP contribution in [0.2, 0.25) is 0 Å². The molecule has 4 fully saturated rings. The fraction of sp³-hybridized carbons (Fsp3) is 0.846. The van der Waals surface area contributed by atoms with E-state index in [1.807, 2.05) is 0 Å². The number of ether oxygens (including phenoxy) is 2. The van der Waals surface area contributed by atoms with Gasteiger partial charge in [-0.1, -0.05) is 25.5 Å². The molecule has 1 aliphatic heterocycles. The van der Waals surface area contributed by atoms with Crippen LogP contribution >= 0.6 is 0 Å². The molecule has 4 nitrogen and oxygen atoms in total. The lowest BCUT2D eigenvalue weighted by Gasteiger charge is -2.59. The third-order valence-corrected chi connectivity index (χ3v) is 10.3. The van der Waals surface area contributed by atoms with Gasteiger partial charge in [0.1, 0.15) is 11.7 Å². The Bertz CT molecular complexity index is 786. The molecule has 0 spiro atoms. The zero-order chi connectivity index (χ0) is 21.3. The van der Waals surface area contributed by atoms with Crippen LogP contribution in [0.1, 0.15) is 91.9 Å². The minimum absolute atomic E-state index is 0.000489. The first kappa shape index (κ1) is 20.6. The molecule has 5 rings (SSSR count). The summed E-state index contributed by atoms with van der Waals surface area (Å²) in [6, 6.07) is 0. The largest absolute Gasteiger partial charge is 0.462 e. The molecule has 0 N–H and O–H groups in total. The second kappa shape index (κ2) is 6.84. The van der Waals surface area contributed by atoms with Crippen molar-refractivity contribution < 1.29 is 19.1 Å². The smallest absolute Gasteiger partial charge is 0.306 e. The molecular formula is C26H38O4. The van der Waals surface area contributed by atoms with Crippen molar-refractivity contribution in [2.45, 2.75) is 104 Å². The van der Waals surface area contributed by atoms with Crippen molar-refractivity contribution in [1.29, 1.82) is 0 Å². The van der Waals surface area contributed by atoms with Gasteiger partial charge in [0.15, 0.2) is 0 Å². The normalized spacial score (nSPS) is 50.1. The third kappa shape index (κ3) is 2.92. The molecule has 8 atom stereocenters. The fourth-order valence-corrected chi connectivity index (χ4v) is 8.92. The summed E-state index contributed by atoms with van der Waals surface area (Å²) in [7, 11) is 0. The molecule has 0 amide bonds. The molecule has 0 aromatic carbocycles. The van der Waals surface area contributed by atoms with Crippen LogP contribution in [0.4, 0.5) is 0 Å². The minimum atomic E-state index is -0.255. The number of hydrogen-bond acceptors (Lipinski definition) is 4. The number of esters is 2. The van der Waals surface area contributed by atoms with Crippen LogP contribution in [0, 0.1) is 34.5 Å². The number of allylic oxidation sites excluding steroid dienone is 1. The summed E-state index contributed by atoms with van der Waals surface area (Å²) in [4.78, 5) is 23.4. The number of carbonyl (C=O) groups excluding carboxylic acids is 2. The summed E-state index contributed by atoms with van der Waals surface area (Å²) in [5.74, 6) is 2.57. The zero-order valence-electron chi connectivity index (χ0n) is 19.2. The van der Waals surface area contributed by atoms with E-state index in [2.05, 4.69) is 26.8 Å². The maximum absolute atomic E-state index is 11.9. The molecule has 0 aromatic rings. The van der Waals surface area contributed by atoms with Gasteiger partial charge in [-0.25, -0.2) is 0 Å². The van der Waals surface area contributed by atoms with Crippen molar-refractivity contribution in [2.75, 3.05) is 0 Å². The third-order valence-electron chi connectivity index (χ3n) is 10.3. The predicted octanol–water partition coefficient (Wildman–Crippen LogP) is 5.59. The highest BCUT2D eigenvalue weighted by Gasteiger charge is 2.63. The van der Waals surface area contributed by atoms with E-state index in [1.54, 1.807) is 5.57 Å². The van der Waals surface area contributed by atoms with Crippen molar-refractivity contribution in [3.8, 4) is 0 Å². The maximum Gasteiger partial charge on any atom is 0.306 e. The Morgan fingerprint density at radius 1 is 1.07 bits per heavy atom. The Kier molecular flexibility index (Phi) is 4.69. The molecule has 0 bridgehead atoms. The van der Waals surface area contributed by atoms with Gasteiger partial charge in [0.25, 0.3) is 0 Å². The minimum Gasteiger partial charge on any atom is -0.462 e. The standard InChI is InChI=1S/C26H38O4/c1-16(27)29-18-9-12-24(2)17(15-18)5-6-19-20-7-8-22(25(20,3)13-10-21(19)24)26(4)14-11-23(28)30-26/h5,18-22H,6-15H2,1-4H3/t18-,19+,20-,21-,22-,24-,25-,26+/m0/s1. The molecular weight excluding hydrogens is 376 g/mol. The van der Waals surface area contributed by atoms with Gasteiger partial charge in [-0.2, -0.15) is 0 Å². The van der Waals surface area contributed by atoms with Gasteiger partial charge in [-0.05, 0) is 86.9 Å². The van der Waals surface area contributed by atoms with Gasteiger partial charge in [-0.15, -0.1) is 0 Å². The van der Waals surface area contributed by atoms with Crippen molar-refractivity contribution >= 4 is 11.9 Å². The van der Waals surface area contributed by atoms with E-state index in [9.17, 15) is 9.59 Å². The van der Waals surface area contributed by atoms with Crippen LogP contribution < -0.4 is 0 Å². The predicted molar refractivity (Wildman–Crippen MR) is 114 cm³/mol. The summed E-state index contributed by atoms with van der Waals surface area (Å²) < 4.78 is 11.5. The van der Waals surface area contributed by atoms with Crippen LogP contribution in [0.25, 0.3) is 0 Å². The lowest BCUT2D eigenvalue weighted by atomic mass is 9.46. The van der Waals surface area contributed by atoms with E-state index < -0.39 is 0 Å². The van der Waals surface area contributed by atoms with Crippen LogP contribution in [0.15, 0.2) is 11.6 Å². The van der Waals surface area contributed by atoms with Crippen LogP contribution in [-0.2, 0) is 19.1 Å². The van der Waals surface area contributed by atoms with Gasteiger partial charge in [0.05, 0.1) is 0 Å². The van der Waals surface area contributed by atoms with Crippen molar-refractivity contribution in [1.82, 2.24) is 0 Å². The Labute approximate surface area is 181 Å². The first-order valence-corrected chi connectivity index (χ1v) is 12.2. The highest BCUT2D eigenvalue weighted by atomic mass is 16.6. The van der Waals surface area contributed by atoms with E-state index in [0.717, 1.165) is 43.4 Å². The second-order valence-corrected chi connectivity index (χ2v) is 11.7. The summed E-state index contributed by atoms with van der Waals surface area (Å²) in [5, 5.41) is 0. The lowest BCUT2D eigenvalue weighted by molar-refractivity contribution is -0.159. The van der Waals surface area contributed by atoms with E-state index in [0.29, 0.717) is 12.3 Å². The molecule has 1 saturated heterocycles. The number of fused-ring (bicyclic) bond motifs is 5. The number of rotatable bonds is 2. The van der Waals surface area contributed by atoms with Gasteiger partial charge >= 0.3 is 11.9 Å². The number of cyclic esters (lactones) is 1. The summed E-state index contributed by atoms with van der Waals surface area (Å²) in [5.41, 5.74) is 1.85. The molecule has 0 unspecified atom stereocenters. The van der Waals surface area contributed by atoms with Crippen molar-refractivity contribution in [3.05, 3.63) is 11.6 Å². The zero-order valence-corrected chi connectivity index (χ0v) is 19.2. The average molecular weight is 415 g/mol. The molecule has 3 saturated carbocycles. The SMILES string of the molecule is CC(=O)O[C@H]1CC[C@@]2(C)C(=CC[C@@H]3[C@@H]4CC[C@H]([C@@]5(C)CCC(=O)O5)[C@@]4(C)CC[C@@H]32)C1. The first-order chi connectivity index (χ1) is 14.2. The quantitative estimate of drug-likeness (QED) is 0.436. The van der Waals surface area contributed by atoms with E-state index >= 15 is 0 Å². The Morgan fingerprint density at radius 3 is 2.57 bits per heavy atom. The Balaban J connectivity index is 1.39. The van der Waals surface area contributed by atoms with E-state index in [4.69, 9.17) is 9.47 Å². The molecule has 5 aliphatic rings. The highest BCUT2D eigenvalue weighted by Crippen LogP contribution is 2.68. The Morgan fingerprint density at radius 2 is 1.87 bits per heavy atom. The summed E-state index contributed by atoms with van der Waals surface area (Å²) in [6.07, 6.45) is 13.3. The first-order valence-electron chi connectivity index (χ1n) is 12.2. The molecule has 4 heteroatoms. The molecule has 4 aliphatic carbocycles. The number of carbonyl (C=O) groups is 2. The lowest BCUT2D eigenvalue weighted by Crippen LogP contribution is -2.53. The summed E-state index contributed by atoms with van der Waals surface area (Å²) >= 11 is 0. The highest BCUT2D eigenvalue weighted by molar-refractivity contribution is 5.72. The average Bonchev–Trinajstić information content (AvgIpc) is 3.21. The monoisotopic (exact) mass is 414 g/mol. The molecule has 30 heavy (non-hydrogen) atoms. The summed E-state index contributed by atoms with van der Waals surface area (Å²) in [6.45, 7) is 8.75. The molecule has 0 radical (unpaired) electrons. The van der Waals surface area contributed by atoms with E-state index in [1.165, 1.54) is 39.0 Å². The van der Waals surface area contributed by atoms with Crippen molar-refractivity contribution in [2.24, 2.45) is 34.5 Å². The van der Waals surface area contributed by atoms with Crippen LogP contribution in [-0.4, -0.2) is 23.6 Å². The van der Waals surface area contributed by atoms with Gasteiger partial charge < -0.3 is 9.47 Å². The van der Waals surface area contributed by atoms with Gasteiger partial charge in [0, 0.05) is 25.7 Å². The topological polar surface area (TPSA) is 52.6 Å².